The van der Waals surface area contributed by atoms with E-state index in [0.717, 1.165) is 31.6 Å². The highest BCUT2D eigenvalue weighted by atomic mass is 16.5. The van der Waals surface area contributed by atoms with Crippen LogP contribution in [-0.2, 0) is 18.3 Å². The van der Waals surface area contributed by atoms with Crippen molar-refractivity contribution in [3.8, 4) is 5.69 Å². The molecule has 2 heterocycles. The summed E-state index contributed by atoms with van der Waals surface area (Å²) in [5.74, 6) is -0.575. The number of nitrogens with zero attached hydrogens (tertiary/aromatic N) is 3. The van der Waals surface area contributed by atoms with Gasteiger partial charge in [0.1, 0.15) is 5.56 Å². The molecule has 0 saturated carbocycles. The highest BCUT2D eigenvalue weighted by Gasteiger charge is 2.27. The molecule has 1 fully saturated rings. The lowest BCUT2D eigenvalue weighted by molar-refractivity contribution is 0.0596. The molecule has 23 heavy (non-hydrogen) atoms. The van der Waals surface area contributed by atoms with Crippen LogP contribution in [-0.4, -0.2) is 40.4 Å². The van der Waals surface area contributed by atoms with Gasteiger partial charge in [0.05, 0.1) is 18.5 Å². The van der Waals surface area contributed by atoms with Gasteiger partial charge in [-0.1, -0.05) is 18.2 Å². The molecule has 0 radical (unpaired) electrons. The van der Waals surface area contributed by atoms with E-state index in [1.807, 2.05) is 37.4 Å². The minimum atomic E-state index is -0.575. The van der Waals surface area contributed by atoms with E-state index in [9.17, 15) is 9.59 Å². The van der Waals surface area contributed by atoms with Crippen molar-refractivity contribution in [3.05, 3.63) is 51.9 Å². The molecule has 1 saturated heterocycles. The monoisotopic (exact) mass is 315 g/mol. The first-order chi connectivity index (χ1) is 11.1. The molecular weight excluding hydrogens is 294 g/mol. The second-order valence-corrected chi connectivity index (χ2v) is 5.77. The summed E-state index contributed by atoms with van der Waals surface area (Å²) in [6.07, 6.45) is 2.31. The number of carbonyl (C=O) groups excluding carboxylic acids is 1. The van der Waals surface area contributed by atoms with E-state index < -0.39 is 5.97 Å². The van der Waals surface area contributed by atoms with Gasteiger partial charge in [-0.15, -0.1) is 0 Å². The topological polar surface area (TPSA) is 56.5 Å². The average molecular weight is 315 g/mol. The van der Waals surface area contributed by atoms with Crippen molar-refractivity contribution < 1.29 is 9.53 Å². The summed E-state index contributed by atoms with van der Waals surface area (Å²) in [5.41, 5.74) is 1.23. The molecule has 0 unspecified atom stereocenters. The third-order valence-electron chi connectivity index (χ3n) is 4.35. The molecular formula is C17H21N3O3. The Morgan fingerprint density at radius 1 is 1.17 bits per heavy atom. The summed E-state index contributed by atoms with van der Waals surface area (Å²) >= 11 is 0. The highest BCUT2D eigenvalue weighted by Crippen LogP contribution is 2.17. The normalized spacial score (nSPS) is 15.0. The molecule has 6 nitrogen and oxygen atoms in total. The number of benzene rings is 1. The average Bonchev–Trinajstić information content (AvgIpc) is 3.15. The minimum Gasteiger partial charge on any atom is -0.465 e. The minimum absolute atomic E-state index is 0.130. The summed E-state index contributed by atoms with van der Waals surface area (Å²) in [6, 6.07) is 9.33. The zero-order chi connectivity index (χ0) is 16.4. The number of hydrogen-bond donors (Lipinski definition) is 0. The first-order valence-corrected chi connectivity index (χ1v) is 7.80. The smallest absolute Gasteiger partial charge is 0.345 e. The van der Waals surface area contributed by atoms with Crippen LogP contribution in [0.3, 0.4) is 0 Å². The van der Waals surface area contributed by atoms with Crippen molar-refractivity contribution in [2.45, 2.75) is 19.4 Å². The van der Waals surface area contributed by atoms with E-state index in [4.69, 9.17) is 4.74 Å². The molecule has 0 amide bonds. The Labute approximate surface area is 134 Å². The third-order valence-corrected chi connectivity index (χ3v) is 4.35. The van der Waals surface area contributed by atoms with Crippen molar-refractivity contribution in [3.63, 3.8) is 0 Å². The zero-order valence-corrected chi connectivity index (χ0v) is 13.5. The van der Waals surface area contributed by atoms with Crippen LogP contribution in [0.5, 0.6) is 0 Å². The van der Waals surface area contributed by atoms with E-state index in [-0.39, 0.29) is 11.1 Å². The van der Waals surface area contributed by atoms with Crippen molar-refractivity contribution in [2.75, 3.05) is 20.2 Å². The molecule has 0 aliphatic carbocycles. The third kappa shape index (κ3) is 2.82. The second kappa shape index (κ2) is 6.42. The van der Waals surface area contributed by atoms with E-state index in [2.05, 4.69) is 4.90 Å². The molecule has 1 aromatic carbocycles. The van der Waals surface area contributed by atoms with E-state index in [0.29, 0.717) is 12.2 Å². The highest BCUT2D eigenvalue weighted by molar-refractivity contribution is 5.90. The van der Waals surface area contributed by atoms with Gasteiger partial charge in [-0.2, -0.15) is 0 Å². The Balaban J connectivity index is 2.13. The predicted octanol–water partition coefficient (Wildman–Crippen LogP) is 1.56. The first-order valence-electron chi connectivity index (χ1n) is 7.80. The lowest BCUT2D eigenvalue weighted by Gasteiger charge is -2.16. The van der Waals surface area contributed by atoms with Crippen LogP contribution >= 0.6 is 0 Å². The van der Waals surface area contributed by atoms with Gasteiger partial charge in [-0.05, 0) is 38.1 Å². The molecule has 1 aromatic heterocycles. The molecule has 0 bridgehead atoms. The Bertz CT molecular complexity index is 755. The first kappa shape index (κ1) is 15.6. The summed E-state index contributed by atoms with van der Waals surface area (Å²) in [4.78, 5) is 27.2. The molecule has 3 rings (SSSR count). The molecule has 122 valence electrons. The van der Waals surface area contributed by atoms with Gasteiger partial charge in [-0.3, -0.25) is 14.4 Å². The zero-order valence-electron chi connectivity index (χ0n) is 13.5. The van der Waals surface area contributed by atoms with Gasteiger partial charge in [0.25, 0.3) is 5.56 Å². The SMILES string of the molecule is COC(=O)c1c(CN2CCCC2)n(C)n(-c2ccccc2)c1=O. The van der Waals surface area contributed by atoms with Gasteiger partial charge < -0.3 is 4.74 Å². The summed E-state index contributed by atoms with van der Waals surface area (Å²) in [7, 11) is 3.12. The van der Waals surface area contributed by atoms with Crippen molar-refractivity contribution >= 4 is 5.97 Å². The van der Waals surface area contributed by atoms with Crippen molar-refractivity contribution in [2.24, 2.45) is 7.05 Å². The maximum absolute atomic E-state index is 12.8. The van der Waals surface area contributed by atoms with Crippen LogP contribution in [0, 0.1) is 0 Å². The number of ether oxygens (including phenoxy) is 1. The fourth-order valence-corrected chi connectivity index (χ4v) is 3.15. The number of esters is 1. The van der Waals surface area contributed by atoms with Gasteiger partial charge in [-0.25, -0.2) is 9.48 Å². The van der Waals surface area contributed by atoms with Crippen LogP contribution in [0.25, 0.3) is 5.69 Å². The number of likely N-dealkylation sites (tertiary alicyclic amines) is 1. The van der Waals surface area contributed by atoms with Crippen molar-refractivity contribution in [1.82, 2.24) is 14.3 Å². The Hall–Kier alpha value is -2.34. The van der Waals surface area contributed by atoms with Crippen LogP contribution in [0.2, 0.25) is 0 Å². The standard InChI is InChI=1S/C17H21N3O3/c1-18-14(12-19-10-6-7-11-19)15(17(22)23-2)16(21)20(18)13-8-4-3-5-9-13/h3-5,8-9H,6-7,10-12H2,1-2H3. The molecule has 6 heteroatoms. The van der Waals surface area contributed by atoms with Crippen LogP contribution in [0.1, 0.15) is 28.9 Å². The molecule has 1 aliphatic rings. The molecule has 0 N–H and O–H groups in total. The van der Waals surface area contributed by atoms with Crippen LogP contribution < -0.4 is 5.56 Å². The fourth-order valence-electron chi connectivity index (χ4n) is 3.15. The molecule has 1 aliphatic heterocycles. The molecule has 0 atom stereocenters. The predicted molar refractivity (Wildman–Crippen MR) is 86.9 cm³/mol. The number of para-hydroxylation sites is 1. The summed E-state index contributed by atoms with van der Waals surface area (Å²) < 4.78 is 8.13. The number of hydrogen-bond acceptors (Lipinski definition) is 4. The maximum Gasteiger partial charge on any atom is 0.345 e. The van der Waals surface area contributed by atoms with E-state index >= 15 is 0 Å². The van der Waals surface area contributed by atoms with Crippen LogP contribution in [0.15, 0.2) is 35.1 Å². The largest absolute Gasteiger partial charge is 0.465 e. The molecule has 0 spiro atoms. The quantitative estimate of drug-likeness (QED) is 0.804. The maximum atomic E-state index is 12.8. The van der Waals surface area contributed by atoms with Crippen LogP contribution in [0.4, 0.5) is 0 Å². The van der Waals surface area contributed by atoms with E-state index in [1.165, 1.54) is 11.8 Å². The summed E-state index contributed by atoms with van der Waals surface area (Å²) in [6.45, 7) is 2.56. The second-order valence-electron chi connectivity index (χ2n) is 5.77. The van der Waals surface area contributed by atoms with Gasteiger partial charge in [0.15, 0.2) is 0 Å². The lowest BCUT2D eigenvalue weighted by atomic mass is 10.2. The van der Waals surface area contributed by atoms with Crippen molar-refractivity contribution in [1.29, 1.82) is 0 Å². The van der Waals surface area contributed by atoms with E-state index in [1.54, 1.807) is 4.68 Å². The number of rotatable bonds is 4. The number of carbonyl (C=O) groups is 1. The Morgan fingerprint density at radius 2 is 1.83 bits per heavy atom. The molecule has 2 aromatic rings. The number of methoxy groups -OCH3 is 1. The van der Waals surface area contributed by atoms with Gasteiger partial charge >= 0.3 is 5.97 Å². The lowest BCUT2D eigenvalue weighted by Crippen LogP contribution is -2.23. The number of aromatic nitrogens is 2. The van der Waals surface area contributed by atoms with Gasteiger partial charge in [0.2, 0.25) is 0 Å². The Kier molecular flexibility index (Phi) is 4.34. The Morgan fingerprint density at radius 3 is 2.43 bits per heavy atom. The fraction of sp³-hybridized carbons (Fsp3) is 0.412. The summed E-state index contributed by atoms with van der Waals surface area (Å²) in [5, 5.41) is 0. The van der Waals surface area contributed by atoms with Gasteiger partial charge in [0, 0.05) is 13.6 Å².